The molecule has 132 valence electrons. The van der Waals surface area contributed by atoms with Gasteiger partial charge in [-0.25, -0.2) is 4.79 Å². The number of likely N-dealkylation sites (tertiary alicyclic amines) is 1. The lowest BCUT2D eigenvalue weighted by atomic mass is 10.0. The number of carbonyl (C=O) groups is 1. The van der Waals surface area contributed by atoms with E-state index in [1.807, 2.05) is 12.1 Å². The minimum absolute atomic E-state index is 0.350. The zero-order valence-electron chi connectivity index (χ0n) is 14.5. The summed E-state index contributed by atoms with van der Waals surface area (Å²) in [5.41, 5.74) is 2.73. The van der Waals surface area contributed by atoms with Gasteiger partial charge in [0.15, 0.2) is 0 Å². The standard InChI is InChI=1S/C21H26N2O2/c24-21(25)19-10-6-9-18(13-19)14-22-15-20-11-4-5-12-23(20)16-17-7-2-1-3-8-17/h1-3,6-10,13,20,22H,4-5,11-12,14-16H2,(H,24,25). The lowest BCUT2D eigenvalue weighted by Crippen LogP contribution is -2.44. The Morgan fingerprint density at radius 2 is 1.88 bits per heavy atom. The Morgan fingerprint density at radius 1 is 1.08 bits per heavy atom. The molecule has 2 N–H and O–H groups in total. The maximum absolute atomic E-state index is 11.1. The molecule has 2 aromatic carbocycles. The van der Waals surface area contributed by atoms with Gasteiger partial charge in [-0.05, 0) is 42.6 Å². The molecule has 0 aromatic heterocycles. The second-order valence-corrected chi connectivity index (χ2v) is 6.74. The van der Waals surface area contributed by atoms with Gasteiger partial charge < -0.3 is 10.4 Å². The highest BCUT2D eigenvalue weighted by Crippen LogP contribution is 2.19. The van der Waals surface area contributed by atoms with Crippen molar-refractivity contribution in [2.45, 2.75) is 38.4 Å². The zero-order valence-corrected chi connectivity index (χ0v) is 14.5. The molecule has 0 amide bonds. The van der Waals surface area contributed by atoms with E-state index in [1.54, 1.807) is 12.1 Å². The van der Waals surface area contributed by atoms with Gasteiger partial charge in [-0.3, -0.25) is 4.90 Å². The summed E-state index contributed by atoms with van der Waals surface area (Å²) >= 11 is 0. The first-order chi connectivity index (χ1) is 12.2. The van der Waals surface area contributed by atoms with Crippen molar-refractivity contribution in [2.75, 3.05) is 13.1 Å². The van der Waals surface area contributed by atoms with Crippen LogP contribution in [0, 0.1) is 0 Å². The Balaban J connectivity index is 1.53. The number of rotatable bonds is 7. The fourth-order valence-electron chi connectivity index (χ4n) is 3.51. The van der Waals surface area contributed by atoms with Gasteiger partial charge in [0.25, 0.3) is 0 Å². The number of aromatic carboxylic acids is 1. The van der Waals surface area contributed by atoms with Crippen LogP contribution < -0.4 is 5.32 Å². The van der Waals surface area contributed by atoms with Crippen molar-refractivity contribution >= 4 is 5.97 Å². The summed E-state index contributed by atoms with van der Waals surface area (Å²) in [6, 6.07) is 18.3. The molecule has 3 rings (SSSR count). The smallest absolute Gasteiger partial charge is 0.335 e. The number of hydrogen-bond donors (Lipinski definition) is 2. The van der Waals surface area contributed by atoms with Gasteiger partial charge in [0, 0.05) is 25.7 Å². The van der Waals surface area contributed by atoms with Crippen LogP contribution >= 0.6 is 0 Å². The van der Waals surface area contributed by atoms with Gasteiger partial charge in [-0.1, -0.05) is 48.9 Å². The molecule has 1 fully saturated rings. The SMILES string of the molecule is O=C(O)c1cccc(CNCC2CCCCN2Cc2ccccc2)c1. The minimum atomic E-state index is -0.872. The molecular weight excluding hydrogens is 312 g/mol. The van der Waals surface area contributed by atoms with E-state index < -0.39 is 5.97 Å². The molecule has 1 aliphatic rings. The second kappa shape index (κ2) is 8.79. The zero-order chi connectivity index (χ0) is 17.5. The van der Waals surface area contributed by atoms with Gasteiger partial charge in [-0.15, -0.1) is 0 Å². The molecule has 1 aliphatic heterocycles. The maximum atomic E-state index is 11.1. The molecule has 0 aliphatic carbocycles. The quantitative estimate of drug-likeness (QED) is 0.811. The second-order valence-electron chi connectivity index (χ2n) is 6.74. The molecule has 0 bridgehead atoms. The molecule has 4 heteroatoms. The molecule has 1 heterocycles. The summed E-state index contributed by atoms with van der Waals surface area (Å²) in [7, 11) is 0. The highest BCUT2D eigenvalue weighted by Gasteiger charge is 2.21. The molecule has 4 nitrogen and oxygen atoms in total. The summed E-state index contributed by atoms with van der Waals surface area (Å²) < 4.78 is 0. The Morgan fingerprint density at radius 3 is 2.68 bits per heavy atom. The van der Waals surface area contributed by atoms with E-state index in [0.717, 1.165) is 25.2 Å². The van der Waals surface area contributed by atoms with Crippen molar-refractivity contribution in [1.82, 2.24) is 10.2 Å². The highest BCUT2D eigenvalue weighted by atomic mass is 16.4. The van der Waals surface area contributed by atoms with Gasteiger partial charge in [0.2, 0.25) is 0 Å². The van der Waals surface area contributed by atoms with Crippen LogP contribution in [0.4, 0.5) is 0 Å². The van der Waals surface area contributed by atoms with E-state index in [-0.39, 0.29) is 0 Å². The van der Waals surface area contributed by atoms with Gasteiger partial charge >= 0.3 is 5.97 Å². The van der Waals surface area contributed by atoms with Gasteiger partial charge in [0.1, 0.15) is 0 Å². The molecule has 25 heavy (non-hydrogen) atoms. The summed E-state index contributed by atoms with van der Waals surface area (Å²) in [4.78, 5) is 13.6. The topological polar surface area (TPSA) is 52.6 Å². The highest BCUT2D eigenvalue weighted by molar-refractivity contribution is 5.87. The van der Waals surface area contributed by atoms with E-state index in [4.69, 9.17) is 5.11 Å². The van der Waals surface area contributed by atoms with Crippen molar-refractivity contribution in [3.63, 3.8) is 0 Å². The van der Waals surface area contributed by atoms with Gasteiger partial charge in [0.05, 0.1) is 5.56 Å². The normalized spacial score (nSPS) is 18.2. The van der Waals surface area contributed by atoms with Crippen LogP contribution in [0.3, 0.4) is 0 Å². The lowest BCUT2D eigenvalue weighted by molar-refractivity contribution is 0.0696. The first kappa shape index (κ1) is 17.6. The third kappa shape index (κ3) is 5.15. The summed E-state index contributed by atoms with van der Waals surface area (Å²) in [5.74, 6) is -0.872. The van der Waals surface area contributed by atoms with Crippen LogP contribution in [-0.2, 0) is 13.1 Å². The number of piperidine rings is 1. The lowest BCUT2D eigenvalue weighted by Gasteiger charge is -2.36. The molecule has 0 saturated carbocycles. The predicted octanol–water partition coefficient (Wildman–Crippen LogP) is 3.53. The number of benzene rings is 2. The van der Waals surface area contributed by atoms with Crippen molar-refractivity contribution in [3.05, 3.63) is 71.3 Å². The Kier molecular flexibility index (Phi) is 6.20. The van der Waals surface area contributed by atoms with Crippen molar-refractivity contribution in [2.24, 2.45) is 0 Å². The third-order valence-corrected chi connectivity index (χ3v) is 4.86. The molecule has 0 spiro atoms. The molecule has 1 unspecified atom stereocenters. The van der Waals surface area contributed by atoms with Crippen LogP contribution in [0.25, 0.3) is 0 Å². The van der Waals surface area contributed by atoms with Crippen LogP contribution in [0.2, 0.25) is 0 Å². The number of carboxylic acid groups (broad SMARTS) is 1. The van der Waals surface area contributed by atoms with E-state index >= 15 is 0 Å². The van der Waals surface area contributed by atoms with Crippen LogP contribution in [0.5, 0.6) is 0 Å². The first-order valence-corrected chi connectivity index (χ1v) is 9.03. The summed E-state index contributed by atoms with van der Waals surface area (Å²) in [6.45, 7) is 3.79. The van der Waals surface area contributed by atoms with Crippen LogP contribution in [0.15, 0.2) is 54.6 Å². The van der Waals surface area contributed by atoms with E-state index in [9.17, 15) is 4.79 Å². The number of nitrogens with zero attached hydrogens (tertiary/aromatic N) is 1. The van der Waals surface area contributed by atoms with E-state index in [2.05, 4.69) is 40.5 Å². The van der Waals surface area contributed by atoms with Crippen LogP contribution in [-0.4, -0.2) is 35.1 Å². The molecule has 2 aromatic rings. The number of carboxylic acids is 1. The summed E-state index contributed by atoms with van der Waals surface area (Å²) in [5, 5.41) is 12.6. The van der Waals surface area contributed by atoms with Crippen molar-refractivity contribution in [3.8, 4) is 0 Å². The first-order valence-electron chi connectivity index (χ1n) is 9.03. The fourth-order valence-corrected chi connectivity index (χ4v) is 3.51. The Bertz CT molecular complexity index is 687. The molecule has 1 atom stereocenters. The minimum Gasteiger partial charge on any atom is -0.478 e. The van der Waals surface area contributed by atoms with Crippen LogP contribution in [0.1, 0.15) is 40.7 Å². The maximum Gasteiger partial charge on any atom is 0.335 e. The summed E-state index contributed by atoms with van der Waals surface area (Å²) in [6.07, 6.45) is 3.77. The average molecular weight is 338 g/mol. The number of nitrogens with one attached hydrogen (secondary N) is 1. The number of hydrogen-bond acceptors (Lipinski definition) is 3. The van der Waals surface area contributed by atoms with E-state index in [0.29, 0.717) is 18.2 Å². The van der Waals surface area contributed by atoms with Crippen molar-refractivity contribution < 1.29 is 9.90 Å². The Labute approximate surface area is 149 Å². The molecular formula is C21H26N2O2. The largest absolute Gasteiger partial charge is 0.478 e. The average Bonchev–Trinajstić information content (AvgIpc) is 2.64. The molecule has 1 saturated heterocycles. The van der Waals surface area contributed by atoms with Gasteiger partial charge in [-0.2, -0.15) is 0 Å². The fraction of sp³-hybridized carbons (Fsp3) is 0.381. The predicted molar refractivity (Wildman–Crippen MR) is 99.6 cm³/mol. The third-order valence-electron chi connectivity index (χ3n) is 4.86. The van der Waals surface area contributed by atoms with E-state index in [1.165, 1.54) is 24.8 Å². The Hall–Kier alpha value is -2.17. The van der Waals surface area contributed by atoms with Crippen molar-refractivity contribution in [1.29, 1.82) is 0 Å². The monoisotopic (exact) mass is 338 g/mol. The molecule has 0 radical (unpaired) electrons.